The standard InChI is InChI=1S/C25H21ClFN3O3/c1-16(2)30(15-23-28-29-25(33-23)18-7-3-5-9-20(18)26)24(31)14-12-17-11-13-22(32-17)19-8-4-6-10-21(19)27/h3-14,16H,15H2,1-2H3/b14-12+. The third-order valence-corrected chi connectivity index (χ3v) is 5.27. The van der Waals surface area contributed by atoms with Gasteiger partial charge in [-0.15, -0.1) is 10.2 Å². The van der Waals surface area contributed by atoms with Crippen molar-refractivity contribution in [3.05, 3.63) is 89.2 Å². The number of carbonyl (C=O) groups excluding carboxylic acids is 1. The molecule has 0 fully saturated rings. The molecule has 4 rings (SSSR count). The molecule has 0 radical (unpaired) electrons. The Labute approximate surface area is 195 Å². The summed E-state index contributed by atoms with van der Waals surface area (Å²) in [5.74, 6) is 0.772. The van der Waals surface area contributed by atoms with Crippen molar-refractivity contribution >= 4 is 23.6 Å². The summed E-state index contributed by atoms with van der Waals surface area (Å²) < 4.78 is 25.4. The van der Waals surface area contributed by atoms with Gasteiger partial charge in [0.15, 0.2) is 0 Å². The summed E-state index contributed by atoms with van der Waals surface area (Å²) >= 11 is 6.19. The van der Waals surface area contributed by atoms with Crippen LogP contribution in [0.1, 0.15) is 25.5 Å². The van der Waals surface area contributed by atoms with Crippen molar-refractivity contribution in [2.75, 3.05) is 0 Å². The lowest BCUT2D eigenvalue weighted by Crippen LogP contribution is -2.35. The average Bonchev–Trinajstić information content (AvgIpc) is 3.46. The smallest absolute Gasteiger partial charge is 0.249 e. The summed E-state index contributed by atoms with van der Waals surface area (Å²) in [5, 5.41) is 8.60. The Bertz CT molecular complexity index is 1300. The predicted molar refractivity (Wildman–Crippen MR) is 124 cm³/mol. The molecule has 0 aliphatic heterocycles. The van der Waals surface area contributed by atoms with Crippen LogP contribution in [0.15, 0.2) is 75.6 Å². The molecule has 4 aromatic rings. The molecular formula is C25H21ClFN3O3. The monoisotopic (exact) mass is 465 g/mol. The van der Waals surface area contributed by atoms with E-state index >= 15 is 0 Å². The van der Waals surface area contributed by atoms with E-state index in [9.17, 15) is 9.18 Å². The van der Waals surface area contributed by atoms with Gasteiger partial charge in [0.1, 0.15) is 17.3 Å². The Morgan fingerprint density at radius 2 is 1.76 bits per heavy atom. The minimum Gasteiger partial charge on any atom is -0.457 e. The molecule has 168 valence electrons. The van der Waals surface area contributed by atoms with Crippen LogP contribution in [0.5, 0.6) is 0 Å². The van der Waals surface area contributed by atoms with Crippen molar-refractivity contribution in [1.82, 2.24) is 15.1 Å². The first-order valence-electron chi connectivity index (χ1n) is 10.3. The van der Waals surface area contributed by atoms with E-state index < -0.39 is 0 Å². The highest BCUT2D eigenvalue weighted by molar-refractivity contribution is 6.33. The van der Waals surface area contributed by atoms with Crippen LogP contribution >= 0.6 is 11.6 Å². The topological polar surface area (TPSA) is 72.4 Å². The van der Waals surface area contributed by atoms with Gasteiger partial charge >= 0.3 is 0 Å². The molecular weight excluding hydrogens is 445 g/mol. The highest BCUT2D eigenvalue weighted by atomic mass is 35.5. The number of hydrogen-bond donors (Lipinski definition) is 0. The minimum absolute atomic E-state index is 0.122. The summed E-state index contributed by atoms with van der Waals surface area (Å²) in [6, 6.07) is 16.7. The van der Waals surface area contributed by atoms with Crippen LogP contribution in [0, 0.1) is 5.82 Å². The summed E-state index contributed by atoms with van der Waals surface area (Å²) in [6.07, 6.45) is 2.94. The molecule has 8 heteroatoms. The number of aromatic nitrogens is 2. The first-order valence-corrected chi connectivity index (χ1v) is 10.7. The maximum Gasteiger partial charge on any atom is 0.249 e. The second kappa shape index (κ2) is 9.83. The van der Waals surface area contributed by atoms with Crippen LogP contribution in [0.2, 0.25) is 5.02 Å². The van der Waals surface area contributed by atoms with Gasteiger partial charge in [-0.05, 0) is 56.3 Å². The molecule has 0 aliphatic carbocycles. The molecule has 33 heavy (non-hydrogen) atoms. The molecule has 2 aromatic heterocycles. The van der Waals surface area contributed by atoms with Crippen LogP contribution in [-0.2, 0) is 11.3 Å². The molecule has 6 nitrogen and oxygen atoms in total. The first kappa shape index (κ1) is 22.5. The fourth-order valence-electron chi connectivity index (χ4n) is 3.22. The molecule has 1 amide bonds. The molecule has 0 unspecified atom stereocenters. The van der Waals surface area contributed by atoms with Gasteiger partial charge in [0, 0.05) is 12.1 Å². The number of hydrogen-bond acceptors (Lipinski definition) is 5. The molecule has 0 saturated heterocycles. The fourth-order valence-corrected chi connectivity index (χ4v) is 3.44. The largest absolute Gasteiger partial charge is 0.457 e. The predicted octanol–water partition coefficient (Wildman–Crippen LogP) is 6.24. The van der Waals surface area contributed by atoms with E-state index in [0.717, 1.165) is 0 Å². The van der Waals surface area contributed by atoms with E-state index in [1.807, 2.05) is 26.0 Å². The molecule has 0 spiro atoms. The van der Waals surface area contributed by atoms with Crippen LogP contribution in [-0.4, -0.2) is 27.0 Å². The Balaban J connectivity index is 1.47. The Morgan fingerprint density at radius 1 is 1.03 bits per heavy atom. The Hall–Kier alpha value is -3.71. The molecule has 2 aromatic carbocycles. The summed E-state index contributed by atoms with van der Waals surface area (Å²) in [6.45, 7) is 3.91. The summed E-state index contributed by atoms with van der Waals surface area (Å²) in [5.41, 5.74) is 0.988. The molecule has 0 bridgehead atoms. The normalized spacial score (nSPS) is 11.4. The quantitative estimate of drug-likeness (QED) is 0.302. The van der Waals surface area contributed by atoms with Gasteiger partial charge in [0.05, 0.1) is 22.7 Å². The minimum atomic E-state index is -0.375. The van der Waals surface area contributed by atoms with Crippen molar-refractivity contribution in [2.45, 2.75) is 26.4 Å². The fraction of sp³-hybridized carbons (Fsp3) is 0.160. The first-order chi connectivity index (χ1) is 15.9. The summed E-state index contributed by atoms with van der Waals surface area (Å²) in [4.78, 5) is 14.4. The van der Waals surface area contributed by atoms with Crippen LogP contribution in [0.3, 0.4) is 0 Å². The maximum absolute atomic E-state index is 14.0. The summed E-state index contributed by atoms with van der Waals surface area (Å²) in [7, 11) is 0. The molecule has 0 aliphatic rings. The second-order valence-electron chi connectivity index (χ2n) is 7.56. The van der Waals surface area contributed by atoms with Gasteiger partial charge < -0.3 is 13.7 Å². The highest BCUT2D eigenvalue weighted by Crippen LogP contribution is 2.27. The van der Waals surface area contributed by atoms with Gasteiger partial charge in [0.2, 0.25) is 17.7 Å². The Morgan fingerprint density at radius 3 is 2.48 bits per heavy atom. The molecule has 0 atom stereocenters. The van der Waals surface area contributed by atoms with Gasteiger partial charge in [-0.25, -0.2) is 4.39 Å². The number of nitrogens with zero attached hydrogens (tertiary/aromatic N) is 3. The van der Waals surface area contributed by atoms with Gasteiger partial charge in [-0.1, -0.05) is 35.9 Å². The van der Waals surface area contributed by atoms with Gasteiger partial charge in [-0.3, -0.25) is 4.79 Å². The van der Waals surface area contributed by atoms with Crippen LogP contribution < -0.4 is 0 Å². The van der Waals surface area contributed by atoms with Gasteiger partial charge in [-0.2, -0.15) is 0 Å². The maximum atomic E-state index is 14.0. The van der Waals surface area contributed by atoms with Crippen molar-refractivity contribution in [3.63, 3.8) is 0 Å². The number of furan rings is 1. The van der Waals surface area contributed by atoms with E-state index in [2.05, 4.69) is 10.2 Å². The average molecular weight is 466 g/mol. The van der Waals surface area contributed by atoms with Crippen molar-refractivity contribution < 1.29 is 18.0 Å². The number of halogens is 2. The zero-order valence-corrected chi connectivity index (χ0v) is 18.8. The molecule has 0 saturated carbocycles. The van der Waals surface area contributed by atoms with Crippen molar-refractivity contribution in [2.24, 2.45) is 0 Å². The zero-order chi connectivity index (χ0) is 23.4. The van der Waals surface area contributed by atoms with E-state index in [4.69, 9.17) is 20.4 Å². The third-order valence-electron chi connectivity index (χ3n) is 4.94. The second-order valence-corrected chi connectivity index (χ2v) is 7.96. The van der Waals surface area contributed by atoms with Crippen LogP contribution in [0.25, 0.3) is 28.9 Å². The number of amides is 1. The van der Waals surface area contributed by atoms with Crippen molar-refractivity contribution in [3.8, 4) is 22.8 Å². The highest BCUT2D eigenvalue weighted by Gasteiger charge is 2.20. The molecule has 2 heterocycles. The molecule has 0 N–H and O–H groups in total. The SMILES string of the molecule is CC(C)N(Cc1nnc(-c2ccccc2Cl)o1)C(=O)/C=C/c1ccc(-c2ccccc2F)o1. The van der Waals surface area contributed by atoms with E-state index in [0.29, 0.717) is 39.5 Å². The van der Waals surface area contributed by atoms with E-state index in [1.54, 1.807) is 53.4 Å². The lowest BCUT2D eigenvalue weighted by Gasteiger charge is -2.23. The van der Waals surface area contributed by atoms with Crippen molar-refractivity contribution in [1.29, 1.82) is 0 Å². The van der Waals surface area contributed by atoms with Crippen LogP contribution in [0.4, 0.5) is 4.39 Å². The third kappa shape index (κ3) is 5.21. The number of carbonyl (C=O) groups is 1. The number of rotatable bonds is 7. The van der Waals surface area contributed by atoms with E-state index in [-0.39, 0.29) is 24.3 Å². The lowest BCUT2D eigenvalue weighted by molar-refractivity contribution is -0.128. The zero-order valence-electron chi connectivity index (χ0n) is 18.0. The lowest BCUT2D eigenvalue weighted by atomic mass is 10.1. The Kier molecular flexibility index (Phi) is 6.70. The van der Waals surface area contributed by atoms with E-state index in [1.165, 1.54) is 12.1 Å². The number of benzene rings is 2. The van der Waals surface area contributed by atoms with Gasteiger partial charge in [0.25, 0.3) is 0 Å².